The summed E-state index contributed by atoms with van der Waals surface area (Å²) in [7, 11) is 0. The average Bonchev–Trinajstić information content (AvgIpc) is 3.35. The smallest absolute Gasteiger partial charge is 0.411 e. The molecule has 2 fully saturated rings. The molecule has 0 saturated heterocycles. The van der Waals surface area contributed by atoms with Crippen molar-refractivity contribution in [2.24, 2.45) is 10.8 Å². The van der Waals surface area contributed by atoms with Crippen LogP contribution in [0.15, 0.2) is 121 Å². The molecule has 11 nitrogen and oxygen atoms in total. The molecule has 0 aliphatic heterocycles. The Balaban J connectivity index is 1.30. The highest BCUT2D eigenvalue weighted by Crippen LogP contribution is 2.47. The van der Waals surface area contributed by atoms with Gasteiger partial charge in [0.25, 0.3) is 11.8 Å². The zero-order chi connectivity index (χ0) is 49.1. The van der Waals surface area contributed by atoms with Gasteiger partial charge in [-0.15, -0.1) is 0 Å². The van der Waals surface area contributed by atoms with E-state index in [1.165, 1.54) is 11.1 Å². The van der Waals surface area contributed by atoms with Crippen LogP contribution in [0.4, 0.5) is 9.59 Å². The summed E-state index contributed by atoms with van der Waals surface area (Å²) in [5.74, 6) is -1.16. The van der Waals surface area contributed by atoms with Crippen molar-refractivity contribution in [2.75, 3.05) is 13.2 Å². The van der Waals surface area contributed by atoms with Crippen LogP contribution < -0.4 is 16.0 Å². The van der Waals surface area contributed by atoms with E-state index >= 15 is 4.79 Å². The lowest BCUT2D eigenvalue weighted by Gasteiger charge is -2.47. The van der Waals surface area contributed by atoms with Crippen LogP contribution in [0.25, 0.3) is 0 Å². The number of nitrogens with zero attached hydrogens (tertiary/aromatic N) is 1. The van der Waals surface area contributed by atoms with Crippen molar-refractivity contribution in [3.63, 3.8) is 0 Å². The van der Waals surface area contributed by atoms with Gasteiger partial charge in [-0.05, 0) is 106 Å². The molecule has 0 spiro atoms. The molecule has 4 aromatic rings. The number of amides is 4. The standard InChI is InChI=1S/C58H78N4O7/c1-5-7-31-49(61-55(66)68-42-58(37-22-38-58)40-34-46-25-15-10-16-26-46)52(54(65)60-44(4)48-29-19-12-20-30-48)69-56(67)62(41-57(35-21-36-57)39-33-45-23-13-9-14-24-45)50(32-8-6-2)51(63)53(64)59-43(3)47-27-17-11-18-28-47/h9-20,23-30,43-44,49-52,63H,5-8,21-22,31-42H2,1-4H3,(H,59,64)(H,60,65)(H,61,66)/t43-,44-,49+,50?,51?,52?/m1/s1. The van der Waals surface area contributed by atoms with E-state index in [0.29, 0.717) is 25.7 Å². The van der Waals surface area contributed by atoms with Crippen molar-refractivity contribution in [3.05, 3.63) is 144 Å². The third kappa shape index (κ3) is 15.4. The molecule has 0 aromatic heterocycles. The summed E-state index contributed by atoms with van der Waals surface area (Å²) in [4.78, 5) is 59.9. The number of hydrogen-bond donors (Lipinski definition) is 4. The molecule has 4 N–H and O–H groups in total. The highest BCUT2D eigenvalue weighted by atomic mass is 16.6. The highest BCUT2D eigenvalue weighted by molar-refractivity contribution is 5.86. The maximum absolute atomic E-state index is 15.4. The first-order valence-electron chi connectivity index (χ1n) is 25.8. The SMILES string of the molecule is CCCCC(C(O)C(=O)N[C@H](C)c1ccccc1)N(CC1(CCc2ccccc2)CCC1)C(=O)OC(C(=O)N[C@H](C)c1ccccc1)[C@H](CCCC)NC(=O)OCC1(CCc2ccccc2)CCC1. The Morgan fingerprint density at radius 2 is 1.09 bits per heavy atom. The number of rotatable bonds is 27. The first-order valence-corrected chi connectivity index (χ1v) is 25.8. The number of nitrogens with one attached hydrogen (secondary N) is 3. The molecule has 372 valence electrons. The summed E-state index contributed by atoms with van der Waals surface area (Å²) in [5, 5.41) is 21.3. The number of aliphatic hydroxyl groups is 1. The number of carbonyl (C=O) groups excluding carboxylic acids is 4. The molecular formula is C58H78N4O7. The molecule has 6 rings (SSSR count). The lowest BCUT2D eigenvalue weighted by Crippen LogP contribution is -2.59. The molecule has 2 saturated carbocycles. The van der Waals surface area contributed by atoms with Gasteiger partial charge in [-0.1, -0.05) is 174 Å². The Kier molecular flexibility index (Phi) is 20.1. The third-order valence-corrected chi connectivity index (χ3v) is 14.9. The van der Waals surface area contributed by atoms with Gasteiger partial charge in [0.05, 0.1) is 30.8 Å². The molecule has 2 aliphatic carbocycles. The topological polar surface area (TPSA) is 146 Å². The largest absolute Gasteiger partial charge is 0.449 e. The van der Waals surface area contributed by atoms with Gasteiger partial charge in [-0.2, -0.15) is 0 Å². The fourth-order valence-electron chi connectivity index (χ4n) is 10.0. The van der Waals surface area contributed by atoms with Crippen LogP contribution in [0.3, 0.4) is 0 Å². The minimum atomic E-state index is -1.60. The van der Waals surface area contributed by atoms with Crippen molar-refractivity contribution in [2.45, 2.75) is 167 Å². The number of aryl methyl sites for hydroxylation is 2. The normalized spacial score (nSPS) is 17.2. The minimum Gasteiger partial charge on any atom is -0.449 e. The quantitative estimate of drug-likeness (QED) is 0.0465. The van der Waals surface area contributed by atoms with Crippen molar-refractivity contribution >= 4 is 24.0 Å². The molecule has 4 amide bonds. The number of alkyl carbamates (subject to hydrolysis) is 1. The molecule has 0 heterocycles. The van der Waals surface area contributed by atoms with Gasteiger partial charge in [-0.25, -0.2) is 9.59 Å². The van der Waals surface area contributed by atoms with Crippen molar-refractivity contribution in [3.8, 4) is 0 Å². The number of hydrogen-bond acceptors (Lipinski definition) is 7. The van der Waals surface area contributed by atoms with E-state index in [1.54, 1.807) is 4.90 Å². The van der Waals surface area contributed by atoms with Crippen LogP contribution in [0, 0.1) is 10.8 Å². The van der Waals surface area contributed by atoms with Crippen LogP contribution in [0.1, 0.15) is 152 Å². The fraction of sp³-hybridized carbons (Fsp3) is 0.517. The zero-order valence-corrected chi connectivity index (χ0v) is 41.6. The van der Waals surface area contributed by atoms with Crippen molar-refractivity contribution in [1.82, 2.24) is 20.9 Å². The zero-order valence-electron chi connectivity index (χ0n) is 41.6. The number of benzene rings is 4. The second-order valence-electron chi connectivity index (χ2n) is 20.0. The lowest BCUT2D eigenvalue weighted by molar-refractivity contribution is -0.137. The molecule has 2 aliphatic rings. The summed E-state index contributed by atoms with van der Waals surface area (Å²) in [6.45, 7) is 8.26. The maximum atomic E-state index is 15.4. The first-order chi connectivity index (χ1) is 33.4. The van der Waals surface area contributed by atoms with E-state index < -0.39 is 60.4 Å². The summed E-state index contributed by atoms with van der Waals surface area (Å²) in [6.07, 6.45) is 7.92. The van der Waals surface area contributed by atoms with Crippen LogP contribution in [0.2, 0.25) is 0 Å². The highest BCUT2D eigenvalue weighted by Gasteiger charge is 2.46. The van der Waals surface area contributed by atoms with Crippen LogP contribution in [-0.4, -0.2) is 71.5 Å². The number of ether oxygens (including phenoxy) is 2. The van der Waals surface area contributed by atoms with Crippen LogP contribution in [0.5, 0.6) is 0 Å². The van der Waals surface area contributed by atoms with E-state index in [1.807, 2.05) is 125 Å². The molecule has 3 unspecified atom stereocenters. The van der Waals surface area contributed by atoms with E-state index in [-0.39, 0.29) is 24.0 Å². The number of unbranched alkanes of at least 4 members (excludes halogenated alkanes) is 2. The molecule has 0 radical (unpaired) electrons. The Hall–Kier alpha value is -5.68. The molecule has 0 bridgehead atoms. The molecule has 69 heavy (non-hydrogen) atoms. The summed E-state index contributed by atoms with van der Waals surface area (Å²) < 4.78 is 12.5. The predicted octanol–water partition coefficient (Wildman–Crippen LogP) is 11.4. The van der Waals surface area contributed by atoms with Gasteiger partial charge < -0.3 is 35.4 Å². The molecule has 4 aromatic carbocycles. The van der Waals surface area contributed by atoms with Crippen molar-refractivity contribution in [1.29, 1.82) is 0 Å². The van der Waals surface area contributed by atoms with Gasteiger partial charge in [0.2, 0.25) is 6.10 Å². The van der Waals surface area contributed by atoms with Gasteiger partial charge in [-0.3, -0.25) is 9.59 Å². The average molecular weight is 943 g/mol. The van der Waals surface area contributed by atoms with E-state index in [2.05, 4.69) is 40.2 Å². The summed E-state index contributed by atoms with van der Waals surface area (Å²) in [5.41, 5.74) is 3.74. The molecule has 6 atom stereocenters. The van der Waals surface area contributed by atoms with Crippen LogP contribution >= 0.6 is 0 Å². The predicted molar refractivity (Wildman–Crippen MR) is 272 cm³/mol. The minimum absolute atomic E-state index is 0.127. The monoisotopic (exact) mass is 943 g/mol. The first kappa shape index (κ1) is 52.7. The van der Waals surface area contributed by atoms with Gasteiger partial charge in [0.1, 0.15) is 0 Å². The summed E-state index contributed by atoms with van der Waals surface area (Å²) >= 11 is 0. The van der Waals surface area contributed by atoms with E-state index in [0.717, 1.165) is 88.2 Å². The van der Waals surface area contributed by atoms with Crippen molar-refractivity contribution < 1.29 is 33.8 Å². The van der Waals surface area contributed by atoms with E-state index in [4.69, 9.17) is 9.47 Å². The van der Waals surface area contributed by atoms with Gasteiger partial charge >= 0.3 is 12.2 Å². The van der Waals surface area contributed by atoms with Gasteiger partial charge in [0, 0.05) is 12.0 Å². The maximum Gasteiger partial charge on any atom is 0.411 e. The molecular weight excluding hydrogens is 865 g/mol. The van der Waals surface area contributed by atoms with Gasteiger partial charge in [0.15, 0.2) is 6.10 Å². The Bertz CT molecular complexity index is 2170. The third-order valence-electron chi connectivity index (χ3n) is 14.9. The Labute approximate surface area is 411 Å². The fourth-order valence-corrected chi connectivity index (χ4v) is 10.0. The second kappa shape index (κ2) is 26.3. The Morgan fingerprint density at radius 1 is 0.623 bits per heavy atom. The number of carbonyl (C=O) groups is 4. The number of aliphatic hydroxyl groups excluding tert-OH is 1. The second-order valence-corrected chi connectivity index (χ2v) is 20.0. The lowest BCUT2D eigenvalue weighted by atomic mass is 9.65. The summed E-state index contributed by atoms with van der Waals surface area (Å²) in [6, 6.07) is 36.9. The van der Waals surface area contributed by atoms with Crippen LogP contribution in [-0.2, 0) is 31.9 Å². The van der Waals surface area contributed by atoms with E-state index in [9.17, 15) is 19.5 Å². The molecule has 11 heteroatoms. The Morgan fingerprint density at radius 3 is 1.57 bits per heavy atom.